The van der Waals surface area contributed by atoms with Crippen LogP contribution in [0.1, 0.15) is 30.9 Å². The number of carbonyl (C=O) groups is 2. The van der Waals surface area contributed by atoms with Crippen LogP contribution in [0.4, 0.5) is 0 Å². The number of benzene rings is 3. The number of rotatable bonds is 12. The highest BCUT2D eigenvalue weighted by molar-refractivity contribution is 9.10. The fourth-order valence-electron chi connectivity index (χ4n) is 3.71. The van der Waals surface area contributed by atoms with E-state index < -0.39 is 6.04 Å². The number of carbonyl (C=O) groups excluding carboxylic acids is 2. The van der Waals surface area contributed by atoms with Gasteiger partial charge in [0.05, 0.1) is 4.47 Å². The summed E-state index contributed by atoms with van der Waals surface area (Å²) < 4.78 is 7.39. The first-order valence-corrected chi connectivity index (χ1v) is 13.8. The summed E-state index contributed by atoms with van der Waals surface area (Å²) in [4.78, 5) is 28.6. The third kappa shape index (κ3) is 8.64. The normalized spacial score (nSPS) is 11.6. The van der Waals surface area contributed by atoms with Gasteiger partial charge in [0.25, 0.3) is 5.91 Å². The van der Waals surface area contributed by atoms with E-state index in [0.29, 0.717) is 28.2 Å². The zero-order valence-electron chi connectivity index (χ0n) is 20.1. The number of amides is 2. The molecule has 0 spiro atoms. The second-order valence-corrected chi connectivity index (χ2v) is 10.6. The van der Waals surface area contributed by atoms with Crippen LogP contribution in [0.5, 0.6) is 5.75 Å². The molecule has 0 aliphatic rings. The molecule has 190 valence electrons. The van der Waals surface area contributed by atoms with Crippen molar-refractivity contribution in [3.8, 4) is 5.75 Å². The van der Waals surface area contributed by atoms with Crippen molar-refractivity contribution in [2.45, 2.75) is 38.8 Å². The molecule has 1 N–H and O–H groups in total. The highest BCUT2D eigenvalue weighted by Gasteiger charge is 2.30. The van der Waals surface area contributed by atoms with Gasteiger partial charge < -0.3 is 15.0 Å². The Bertz CT molecular complexity index is 1160. The predicted octanol–water partition coefficient (Wildman–Crippen LogP) is 6.80. The van der Waals surface area contributed by atoms with Crippen LogP contribution in [0, 0.1) is 0 Å². The summed E-state index contributed by atoms with van der Waals surface area (Å²) in [7, 11) is 0. The fraction of sp³-hybridized carbons (Fsp3) is 0.286. The summed E-state index contributed by atoms with van der Waals surface area (Å²) in [5.41, 5.74) is 1.88. The van der Waals surface area contributed by atoms with E-state index in [1.54, 1.807) is 23.1 Å². The molecule has 0 radical (unpaired) electrons. The maximum Gasteiger partial charge on any atom is 0.261 e. The van der Waals surface area contributed by atoms with Crippen LogP contribution in [0.2, 0.25) is 5.02 Å². The van der Waals surface area contributed by atoms with Gasteiger partial charge in [0, 0.05) is 29.0 Å². The Morgan fingerprint density at radius 3 is 2.44 bits per heavy atom. The van der Waals surface area contributed by atoms with Gasteiger partial charge in [-0.3, -0.25) is 9.59 Å². The molecule has 3 rings (SSSR count). The van der Waals surface area contributed by atoms with Gasteiger partial charge in [-0.15, -0.1) is 0 Å². The molecule has 3 aromatic rings. The Balaban J connectivity index is 1.89. The predicted molar refractivity (Wildman–Crippen MR) is 151 cm³/mol. The molecule has 0 saturated carbocycles. The lowest BCUT2D eigenvalue weighted by Gasteiger charge is -2.31. The van der Waals surface area contributed by atoms with Crippen molar-refractivity contribution in [2.75, 3.05) is 13.2 Å². The minimum atomic E-state index is -0.701. The summed E-state index contributed by atoms with van der Waals surface area (Å²) in [5.74, 6) is 0.0360. The zero-order valence-corrected chi connectivity index (χ0v) is 24.0. The van der Waals surface area contributed by atoms with Gasteiger partial charge in [0.2, 0.25) is 5.91 Å². The van der Waals surface area contributed by atoms with E-state index in [9.17, 15) is 9.59 Å². The van der Waals surface area contributed by atoms with E-state index in [0.717, 1.165) is 28.4 Å². The number of unbranched alkanes of at least 4 members (excludes halogenated alkanes) is 1. The van der Waals surface area contributed by atoms with Crippen LogP contribution in [0.3, 0.4) is 0 Å². The quantitative estimate of drug-likeness (QED) is 0.223. The molecule has 0 fully saturated rings. The van der Waals surface area contributed by atoms with Gasteiger partial charge in [-0.2, -0.15) is 0 Å². The number of nitrogens with zero attached hydrogens (tertiary/aromatic N) is 1. The highest BCUT2D eigenvalue weighted by atomic mass is 79.9. The van der Waals surface area contributed by atoms with E-state index in [2.05, 4.69) is 44.1 Å². The van der Waals surface area contributed by atoms with Crippen molar-refractivity contribution in [1.82, 2.24) is 10.2 Å². The monoisotopic (exact) mass is 634 g/mol. The summed E-state index contributed by atoms with van der Waals surface area (Å²) in [5, 5.41) is 3.58. The second-order valence-electron chi connectivity index (χ2n) is 8.37. The first-order chi connectivity index (χ1) is 17.4. The summed E-state index contributed by atoms with van der Waals surface area (Å²) in [6, 6.07) is 21.9. The number of hydrogen-bond acceptors (Lipinski definition) is 3. The van der Waals surface area contributed by atoms with Crippen LogP contribution in [-0.2, 0) is 22.6 Å². The van der Waals surface area contributed by atoms with Crippen LogP contribution >= 0.6 is 43.5 Å². The molecule has 0 aliphatic carbocycles. The van der Waals surface area contributed by atoms with Crippen molar-refractivity contribution >= 4 is 55.3 Å². The number of ether oxygens (including phenoxy) is 1. The van der Waals surface area contributed by atoms with E-state index in [-0.39, 0.29) is 25.0 Å². The van der Waals surface area contributed by atoms with Crippen LogP contribution in [-0.4, -0.2) is 35.9 Å². The minimum absolute atomic E-state index is 0.177. The van der Waals surface area contributed by atoms with Gasteiger partial charge in [-0.1, -0.05) is 83.3 Å². The smallest absolute Gasteiger partial charge is 0.261 e. The third-order valence-electron chi connectivity index (χ3n) is 5.59. The summed E-state index contributed by atoms with van der Waals surface area (Å²) >= 11 is 13.0. The Hall–Kier alpha value is -2.35. The molecule has 0 heterocycles. The molecular weight excluding hydrogens is 608 g/mol. The molecule has 2 amide bonds. The average molecular weight is 637 g/mol. The minimum Gasteiger partial charge on any atom is -0.483 e. The van der Waals surface area contributed by atoms with Crippen molar-refractivity contribution < 1.29 is 14.3 Å². The molecule has 0 bridgehead atoms. The molecule has 0 unspecified atom stereocenters. The molecule has 0 aromatic heterocycles. The van der Waals surface area contributed by atoms with Crippen molar-refractivity contribution in [3.05, 3.63) is 97.9 Å². The van der Waals surface area contributed by atoms with Crippen molar-refractivity contribution in [2.24, 2.45) is 0 Å². The van der Waals surface area contributed by atoms with Gasteiger partial charge >= 0.3 is 0 Å². The lowest BCUT2D eigenvalue weighted by atomic mass is 10.0. The van der Waals surface area contributed by atoms with Gasteiger partial charge in [-0.05, 0) is 63.8 Å². The molecule has 0 saturated heterocycles. The number of nitrogens with one attached hydrogen (secondary N) is 1. The SMILES string of the molecule is CCCCNC(=O)[C@H](Cc1ccccc1)N(Cc1cccc(Br)c1)C(=O)COc1ccc(Cl)cc1Br. The van der Waals surface area contributed by atoms with Crippen LogP contribution in [0.25, 0.3) is 0 Å². The maximum atomic E-state index is 13.6. The lowest BCUT2D eigenvalue weighted by molar-refractivity contribution is -0.142. The Morgan fingerprint density at radius 1 is 1.00 bits per heavy atom. The van der Waals surface area contributed by atoms with Gasteiger partial charge in [-0.25, -0.2) is 0 Å². The zero-order chi connectivity index (χ0) is 25.9. The van der Waals surface area contributed by atoms with E-state index in [1.165, 1.54) is 0 Å². The largest absolute Gasteiger partial charge is 0.483 e. The number of hydrogen-bond donors (Lipinski definition) is 1. The first-order valence-electron chi connectivity index (χ1n) is 11.8. The third-order valence-corrected chi connectivity index (χ3v) is 6.94. The van der Waals surface area contributed by atoms with Gasteiger partial charge in [0.15, 0.2) is 6.61 Å². The fourth-order valence-corrected chi connectivity index (χ4v) is 4.95. The van der Waals surface area contributed by atoms with Crippen molar-refractivity contribution in [3.63, 3.8) is 0 Å². The standard InChI is InChI=1S/C28H29Br2ClN2O3/c1-2-3-14-32-28(35)25(16-20-8-5-4-6-9-20)33(18-21-10-7-11-22(29)15-21)27(34)19-36-26-13-12-23(31)17-24(26)30/h4-13,15,17,25H,2-3,14,16,18-19H2,1H3,(H,32,35)/t25-/m0/s1. The van der Waals surface area contributed by atoms with E-state index >= 15 is 0 Å². The van der Waals surface area contributed by atoms with Crippen molar-refractivity contribution in [1.29, 1.82) is 0 Å². The van der Waals surface area contributed by atoms with Crippen LogP contribution < -0.4 is 10.1 Å². The molecule has 3 aromatic carbocycles. The van der Waals surface area contributed by atoms with Gasteiger partial charge in [0.1, 0.15) is 11.8 Å². The summed E-state index contributed by atoms with van der Waals surface area (Å²) in [6.07, 6.45) is 2.23. The molecule has 0 aliphatic heterocycles. The topological polar surface area (TPSA) is 58.6 Å². The first kappa shape index (κ1) is 28.2. The molecule has 36 heavy (non-hydrogen) atoms. The molecule has 8 heteroatoms. The Morgan fingerprint density at radius 2 is 1.75 bits per heavy atom. The lowest BCUT2D eigenvalue weighted by Crippen LogP contribution is -2.51. The number of halogens is 3. The highest BCUT2D eigenvalue weighted by Crippen LogP contribution is 2.28. The molecular formula is C28H29Br2ClN2O3. The van der Waals surface area contributed by atoms with E-state index in [4.69, 9.17) is 16.3 Å². The molecule has 1 atom stereocenters. The molecule has 5 nitrogen and oxygen atoms in total. The Labute approximate surface area is 234 Å². The summed E-state index contributed by atoms with van der Waals surface area (Å²) in [6.45, 7) is 2.68. The Kier molecular flexibility index (Phi) is 11.3. The van der Waals surface area contributed by atoms with Crippen LogP contribution in [0.15, 0.2) is 81.7 Å². The average Bonchev–Trinajstić information content (AvgIpc) is 2.86. The maximum absolute atomic E-state index is 13.6. The van der Waals surface area contributed by atoms with E-state index in [1.807, 2.05) is 54.6 Å². The second kappa shape index (κ2) is 14.4.